The van der Waals surface area contributed by atoms with E-state index in [0.717, 1.165) is 30.6 Å². The number of hydrogen-bond acceptors (Lipinski definition) is 1. The van der Waals surface area contributed by atoms with Gasteiger partial charge in [0.05, 0.1) is 5.92 Å². The molecule has 0 radical (unpaired) electrons. The minimum Gasteiger partial charge on any atom is -0.481 e. The fourth-order valence-electron chi connectivity index (χ4n) is 4.74. The summed E-state index contributed by atoms with van der Waals surface area (Å²) in [4.78, 5) is 10.8. The van der Waals surface area contributed by atoms with Crippen molar-refractivity contribution >= 4 is 5.97 Å². The van der Waals surface area contributed by atoms with Crippen LogP contribution >= 0.6 is 0 Å². The Kier molecular flexibility index (Phi) is 8.91. The molecular weight excluding hydrogens is 296 g/mol. The van der Waals surface area contributed by atoms with Crippen molar-refractivity contribution in [3.05, 3.63) is 12.2 Å². The summed E-state index contributed by atoms with van der Waals surface area (Å²) in [5, 5.41) is 8.91. The van der Waals surface area contributed by atoms with Crippen molar-refractivity contribution in [3.63, 3.8) is 0 Å². The van der Waals surface area contributed by atoms with Gasteiger partial charge in [-0.1, -0.05) is 70.4 Å². The molecule has 0 spiro atoms. The van der Waals surface area contributed by atoms with Gasteiger partial charge in [0.2, 0.25) is 0 Å². The van der Waals surface area contributed by atoms with Crippen molar-refractivity contribution in [3.8, 4) is 0 Å². The molecule has 2 nitrogen and oxygen atoms in total. The van der Waals surface area contributed by atoms with Gasteiger partial charge in [-0.05, 0) is 56.3 Å². The van der Waals surface area contributed by atoms with Gasteiger partial charge in [0, 0.05) is 0 Å². The average Bonchev–Trinajstić information content (AvgIpc) is 3.22. The third kappa shape index (κ3) is 6.99. The Morgan fingerprint density at radius 1 is 1.04 bits per heavy atom. The highest BCUT2D eigenvalue weighted by Crippen LogP contribution is 2.36. The van der Waals surface area contributed by atoms with Crippen molar-refractivity contribution in [1.82, 2.24) is 0 Å². The molecule has 2 fully saturated rings. The Morgan fingerprint density at radius 3 is 2.58 bits per heavy atom. The van der Waals surface area contributed by atoms with Gasteiger partial charge < -0.3 is 5.11 Å². The molecule has 0 saturated heterocycles. The number of unbranched alkanes of at least 4 members (excludes halogenated alkanes) is 2. The van der Waals surface area contributed by atoms with E-state index in [0.29, 0.717) is 0 Å². The molecule has 0 aromatic heterocycles. The first-order chi connectivity index (χ1) is 11.7. The Labute approximate surface area is 149 Å². The normalized spacial score (nSPS) is 26.4. The van der Waals surface area contributed by atoms with Crippen molar-refractivity contribution in [2.24, 2.45) is 23.7 Å². The largest absolute Gasteiger partial charge is 0.481 e. The fourth-order valence-corrected chi connectivity index (χ4v) is 4.74. The molecule has 1 unspecified atom stereocenters. The number of rotatable bonds is 11. The van der Waals surface area contributed by atoms with Gasteiger partial charge in [-0.2, -0.15) is 0 Å². The molecule has 2 rings (SSSR count). The van der Waals surface area contributed by atoms with E-state index in [4.69, 9.17) is 5.11 Å². The molecule has 3 atom stereocenters. The van der Waals surface area contributed by atoms with E-state index in [-0.39, 0.29) is 5.92 Å². The second-order valence-corrected chi connectivity index (χ2v) is 8.39. The van der Waals surface area contributed by atoms with Crippen LogP contribution in [0.2, 0.25) is 0 Å². The molecule has 0 amide bonds. The Morgan fingerprint density at radius 2 is 1.83 bits per heavy atom. The van der Waals surface area contributed by atoms with Crippen LogP contribution in [-0.4, -0.2) is 11.1 Å². The summed E-state index contributed by atoms with van der Waals surface area (Å²) in [6.45, 7) is 1.83. The maximum Gasteiger partial charge on any atom is 0.306 e. The molecular formula is C22H38O2. The van der Waals surface area contributed by atoms with E-state index >= 15 is 0 Å². The van der Waals surface area contributed by atoms with Gasteiger partial charge in [-0.3, -0.25) is 4.79 Å². The van der Waals surface area contributed by atoms with Crippen LogP contribution in [0.3, 0.4) is 0 Å². The van der Waals surface area contributed by atoms with E-state index in [1.54, 1.807) is 0 Å². The second kappa shape index (κ2) is 10.9. The quantitative estimate of drug-likeness (QED) is 0.341. The molecule has 2 heteroatoms. The summed E-state index contributed by atoms with van der Waals surface area (Å²) in [5.41, 5.74) is 0. The highest BCUT2D eigenvalue weighted by atomic mass is 16.4. The molecule has 2 aliphatic carbocycles. The topological polar surface area (TPSA) is 37.3 Å². The van der Waals surface area contributed by atoms with Crippen molar-refractivity contribution in [2.45, 2.75) is 96.8 Å². The standard InChI is InChI=1S/C22H38O2/c1-18(22(23)24)10-3-2-4-14-20-16-9-17-21(20)15-8-7-13-19-11-5-6-12-19/h8,15,18-21H,2-7,9-14,16-17H2,1H3,(H,23,24)/b15-8+/t18?,20-,21-/m0/s1. The van der Waals surface area contributed by atoms with Crippen LogP contribution in [0, 0.1) is 23.7 Å². The first-order valence-electron chi connectivity index (χ1n) is 10.6. The molecule has 0 bridgehead atoms. The predicted molar refractivity (Wildman–Crippen MR) is 101 cm³/mol. The SMILES string of the molecule is CC(CCCCC[C@H]1CCC[C@@H]1/C=C/CCC1CCCC1)C(=O)O. The van der Waals surface area contributed by atoms with Crippen LogP contribution in [0.5, 0.6) is 0 Å². The van der Waals surface area contributed by atoms with E-state index in [2.05, 4.69) is 12.2 Å². The summed E-state index contributed by atoms with van der Waals surface area (Å²) in [6.07, 6.45) is 23.5. The average molecular weight is 335 g/mol. The van der Waals surface area contributed by atoms with Crippen LogP contribution in [0.4, 0.5) is 0 Å². The lowest BCUT2D eigenvalue weighted by atomic mass is 9.89. The summed E-state index contributed by atoms with van der Waals surface area (Å²) in [5.74, 6) is 1.92. The molecule has 0 aromatic carbocycles. The zero-order chi connectivity index (χ0) is 17.2. The summed E-state index contributed by atoms with van der Waals surface area (Å²) < 4.78 is 0. The number of aliphatic carboxylic acids is 1. The van der Waals surface area contributed by atoms with Gasteiger partial charge >= 0.3 is 5.97 Å². The lowest BCUT2D eigenvalue weighted by Gasteiger charge is -2.16. The number of carboxylic acids is 1. The van der Waals surface area contributed by atoms with Crippen LogP contribution in [0.15, 0.2) is 12.2 Å². The number of hydrogen-bond donors (Lipinski definition) is 1. The molecule has 0 aromatic rings. The van der Waals surface area contributed by atoms with Crippen molar-refractivity contribution in [2.75, 3.05) is 0 Å². The van der Waals surface area contributed by atoms with Gasteiger partial charge in [-0.25, -0.2) is 0 Å². The van der Waals surface area contributed by atoms with Gasteiger partial charge in [0.1, 0.15) is 0 Å². The minimum absolute atomic E-state index is 0.174. The smallest absolute Gasteiger partial charge is 0.306 e. The molecule has 1 N–H and O–H groups in total. The second-order valence-electron chi connectivity index (χ2n) is 8.39. The number of carboxylic acid groups (broad SMARTS) is 1. The molecule has 0 aliphatic heterocycles. The monoisotopic (exact) mass is 334 g/mol. The molecule has 2 aliphatic rings. The predicted octanol–water partition coefficient (Wildman–Crippen LogP) is 6.60. The summed E-state index contributed by atoms with van der Waals surface area (Å²) in [7, 11) is 0. The van der Waals surface area contributed by atoms with Crippen LogP contribution in [0.25, 0.3) is 0 Å². The third-order valence-corrected chi connectivity index (χ3v) is 6.45. The van der Waals surface area contributed by atoms with Crippen LogP contribution in [-0.2, 0) is 4.79 Å². The van der Waals surface area contributed by atoms with E-state index < -0.39 is 5.97 Å². The molecule has 0 heterocycles. The molecule has 24 heavy (non-hydrogen) atoms. The van der Waals surface area contributed by atoms with E-state index in [1.165, 1.54) is 77.0 Å². The zero-order valence-corrected chi connectivity index (χ0v) is 15.7. The first kappa shape index (κ1) is 19.5. The highest BCUT2D eigenvalue weighted by Gasteiger charge is 2.24. The van der Waals surface area contributed by atoms with E-state index in [9.17, 15) is 4.79 Å². The summed E-state index contributed by atoms with van der Waals surface area (Å²) in [6, 6.07) is 0. The zero-order valence-electron chi connectivity index (χ0n) is 15.7. The van der Waals surface area contributed by atoms with E-state index in [1.807, 2.05) is 6.92 Å². The highest BCUT2D eigenvalue weighted by molar-refractivity contribution is 5.69. The first-order valence-corrected chi connectivity index (χ1v) is 10.6. The molecule has 2 saturated carbocycles. The fraction of sp³-hybridized carbons (Fsp3) is 0.864. The lowest BCUT2D eigenvalue weighted by Crippen LogP contribution is -2.09. The third-order valence-electron chi connectivity index (χ3n) is 6.45. The van der Waals surface area contributed by atoms with Crippen molar-refractivity contribution in [1.29, 1.82) is 0 Å². The van der Waals surface area contributed by atoms with Crippen LogP contribution in [0.1, 0.15) is 96.8 Å². The lowest BCUT2D eigenvalue weighted by molar-refractivity contribution is -0.141. The number of allylic oxidation sites excluding steroid dienone is 2. The Hall–Kier alpha value is -0.790. The van der Waals surface area contributed by atoms with Crippen LogP contribution < -0.4 is 0 Å². The maximum absolute atomic E-state index is 10.8. The van der Waals surface area contributed by atoms with Gasteiger partial charge in [-0.15, -0.1) is 0 Å². The maximum atomic E-state index is 10.8. The van der Waals surface area contributed by atoms with Gasteiger partial charge in [0.15, 0.2) is 0 Å². The van der Waals surface area contributed by atoms with Crippen molar-refractivity contribution < 1.29 is 9.90 Å². The number of carbonyl (C=O) groups is 1. The molecule has 138 valence electrons. The minimum atomic E-state index is -0.645. The van der Waals surface area contributed by atoms with Gasteiger partial charge in [0.25, 0.3) is 0 Å². The summed E-state index contributed by atoms with van der Waals surface area (Å²) >= 11 is 0. The Balaban J connectivity index is 1.55. The Bertz CT molecular complexity index is 381.